The van der Waals surface area contributed by atoms with Crippen LogP contribution in [0.1, 0.15) is 30.3 Å². The zero-order chi connectivity index (χ0) is 16.4. The van der Waals surface area contributed by atoms with Crippen molar-refractivity contribution in [2.24, 2.45) is 0 Å². The second kappa shape index (κ2) is 6.57. The number of aromatic amines is 2. The Morgan fingerprint density at radius 3 is 2.92 bits per heavy atom. The topological polar surface area (TPSA) is 60.6 Å². The second-order valence-electron chi connectivity index (χ2n) is 6.31. The van der Waals surface area contributed by atoms with Crippen LogP contribution in [0.2, 0.25) is 0 Å². The molecule has 2 N–H and O–H groups in total. The number of likely N-dealkylation sites (tertiary alicyclic amines) is 1. The minimum absolute atomic E-state index is 0.217. The third-order valence-electron chi connectivity index (χ3n) is 4.67. The van der Waals surface area contributed by atoms with E-state index >= 15 is 0 Å². The number of nitrogens with one attached hydrogen (secondary N) is 2. The molecule has 0 radical (unpaired) electrons. The van der Waals surface area contributed by atoms with Crippen LogP contribution in [0.5, 0.6) is 0 Å². The molecule has 0 spiro atoms. The highest BCUT2D eigenvalue weighted by Crippen LogP contribution is 2.33. The van der Waals surface area contributed by atoms with E-state index in [0.29, 0.717) is 5.92 Å². The first-order valence-electron chi connectivity index (χ1n) is 8.29. The fourth-order valence-electron chi connectivity index (χ4n) is 3.50. The van der Waals surface area contributed by atoms with Gasteiger partial charge in [0.15, 0.2) is 0 Å². The quantitative estimate of drug-likeness (QED) is 0.773. The van der Waals surface area contributed by atoms with E-state index in [4.69, 9.17) is 0 Å². The highest BCUT2D eigenvalue weighted by Gasteiger charge is 2.25. The third-order valence-corrected chi connectivity index (χ3v) is 4.67. The van der Waals surface area contributed by atoms with Crippen molar-refractivity contribution in [2.45, 2.75) is 25.3 Å². The van der Waals surface area contributed by atoms with Crippen LogP contribution in [0.4, 0.5) is 4.39 Å². The summed E-state index contributed by atoms with van der Waals surface area (Å²) in [6.45, 7) is 2.89. The average molecular weight is 325 g/mol. The first-order valence-corrected chi connectivity index (χ1v) is 8.29. The molecule has 0 saturated carbocycles. The Morgan fingerprint density at radius 1 is 1.25 bits per heavy atom. The summed E-state index contributed by atoms with van der Waals surface area (Å²) in [6.07, 6.45) is 7.77. The second-order valence-corrected chi connectivity index (χ2v) is 6.31. The Labute approximate surface area is 139 Å². The summed E-state index contributed by atoms with van der Waals surface area (Å²) >= 11 is 0. The van der Waals surface area contributed by atoms with Gasteiger partial charge in [0.1, 0.15) is 11.6 Å². The number of imidazole rings is 1. The Kier molecular flexibility index (Phi) is 4.13. The molecule has 6 heteroatoms. The average Bonchev–Trinajstić information content (AvgIpc) is 3.27. The number of benzene rings is 1. The Morgan fingerprint density at radius 2 is 2.12 bits per heavy atom. The summed E-state index contributed by atoms with van der Waals surface area (Å²) in [7, 11) is 0. The number of hydrogen-bond donors (Lipinski definition) is 2. The molecule has 3 heterocycles. The Hall–Kier alpha value is -2.47. The van der Waals surface area contributed by atoms with Crippen LogP contribution in [0.15, 0.2) is 42.9 Å². The fraction of sp³-hybridized carbons (Fsp3) is 0.333. The summed E-state index contributed by atoms with van der Waals surface area (Å²) in [5.41, 5.74) is 3.22. The van der Waals surface area contributed by atoms with Crippen molar-refractivity contribution >= 4 is 0 Å². The maximum atomic E-state index is 13.2. The Balaban J connectivity index is 1.53. The molecule has 124 valence electrons. The lowest BCUT2D eigenvalue weighted by molar-refractivity contribution is 0.195. The fourth-order valence-corrected chi connectivity index (χ4v) is 3.50. The van der Waals surface area contributed by atoms with Gasteiger partial charge in [-0.15, -0.1) is 0 Å². The minimum Gasteiger partial charge on any atom is -0.348 e. The van der Waals surface area contributed by atoms with Crippen molar-refractivity contribution in [3.05, 3.63) is 60.2 Å². The standard InChI is InChI=1S/C18H20FN5/c19-15-5-3-13(4-6-15)16-10-22-23-18(16)14-2-1-9-24(11-14)12-17-20-7-8-21-17/h3-8,10,14H,1-2,9,11-12H2,(H,20,21)(H,22,23). The van der Waals surface area contributed by atoms with E-state index in [1.807, 2.05) is 24.5 Å². The van der Waals surface area contributed by atoms with Crippen molar-refractivity contribution in [1.29, 1.82) is 0 Å². The molecule has 1 fully saturated rings. The first-order chi connectivity index (χ1) is 11.8. The molecule has 2 aromatic heterocycles. The van der Waals surface area contributed by atoms with Gasteiger partial charge in [0.25, 0.3) is 0 Å². The van der Waals surface area contributed by atoms with Gasteiger partial charge in [-0.2, -0.15) is 5.10 Å². The normalized spacial score (nSPS) is 18.8. The summed E-state index contributed by atoms with van der Waals surface area (Å²) in [5, 5.41) is 7.42. The predicted octanol–water partition coefficient (Wildman–Crippen LogP) is 3.32. The number of halogens is 1. The zero-order valence-electron chi connectivity index (χ0n) is 13.4. The summed E-state index contributed by atoms with van der Waals surface area (Å²) in [4.78, 5) is 9.91. The molecule has 0 amide bonds. The summed E-state index contributed by atoms with van der Waals surface area (Å²) in [6, 6.07) is 6.62. The van der Waals surface area contributed by atoms with Gasteiger partial charge in [-0.05, 0) is 37.1 Å². The number of hydrogen-bond acceptors (Lipinski definition) is 3. The van der Waals surface area contributed by atoms with Gasteiger partial charge in [-0.1, -0.05) is 12.1 Å². The van der Waals surface area contributed by atoms with Gasteiger partial charge in [0.2, 0.25) is 0 Å². The van der Waals surface area contributed by atoms with E-state index in [1.165, 1.54) is 12.1 Å². The number of aromatic nitrogens is 4. The number of rotatable bonds is 4. The van der Waals surface area contributed by atoms with Crippen LogP contribution in [0.3, 0.4) is 0 Å². The van der Waals surface area contributed by atoms with Crippen LogP contribution < -0.4 is 0 Å². The molecule has 1 aliphatic heterocycles. The van der Waals surface area contributed by atoms with Gasteiger partial charge >= 0.3 is 0 Å². The molecule has 1 aliphatic rings. The van der Waals surface area contributed by atoms with E-state index in [2.05, 4.69) is 25.1 Å². The molecule has 1 unspecified atom stereocenters. The summed E-state index contributed by atoms with van der Waals surface area (Å²) < 4.78 is 13.2. The van der Waals surface area contributed by atoms with E-state index < -0.39 is 0 Å². The van der Waals surface area contributed by atoms with E-state index in [1.54, 1.807) is 6.20 Å². The van der Waals surface area contributed by atoms with Gasteiger partial charge in [0.05, 0.1) is 12.7 Å². The molecule has 4 rings (SSSR count). The van der Waals surface area contributed by atoms with Crippen molar-refractivity contribution in [2.75, 3.05) is 13.1 Å². The first kappa shape index (κ1) is 15.1. The van der Waals surface area contributed by atoms with E-state index in [0.717, 1.165) is 55.1 Å². The third kappa shape index (κ3) is 3.10. The van der Waals surface area contributed by atoms with Gasteiger partial charge in [0, 0.05) is 36.1 Å². The molecule has 1 atom stereocenters. The molecule has 3 aromatic rings. The maximum Gasteiger partial charge on any atom is 0.123 e. The SMILES string of the molecule is Fc1ccc(-c2cn[nH]c2C2CCCN(Cc3ncc[nH]3)C2)cc1. The van der Waals surface area contributed by atoms with E-state index in [9.17, 15) is 4.39 Å². The minimum atomic E-state index is -0.217. The molecular weight excluding hydrogens is 305 g/mol. The lowest BCUT2D eigenvalue weighted by atomic mass is 9.90. The van der Waals surface area contributed by atoms with Crippen molar-refractivity contribution in [3.63, 3.8) is 0 Å². The monoisotopic (exact) mass is 325 g/mol. The largest absolute Gasteiger partial charge is 0.348 e. The van der Waals surface area contributed by atoms with Crippen LogP contribution in [-0.4, -0.2) is 38.2 Å². The predicted molar refractivity (Wildman–Crippen MR) is 89.8 cm³/mol. The van der Waals surface area contributed by atoms with Gasteiger partial charge < -0.3 is 4.98 Å². The van der Waals surface area contributed by atoms with Crippen LogP contribution in [0, 0.1) is 5.82 Å². The van der Waals surface area contributed by atoms with Crippen LogP contribution in [0.25, 0.3) is 11.1 Å². The molecule has 1 aromatic carbocycles. The number of H-pyrrole nitrogens is 2. The highest BCUT2D eigenvalue weighted by atomic mass is 19.1. The molecule has 1 saturated heterocycles. The molecular formula is C18H20FN5. The molecule has 5 nitrogen and oxygen atoms in total. The summed E-state index contributed by atoms with van der Waals surface area (Å²) in [5.74, 6) is 1.18. The van der Waals surface area contributed by atoms with Crippen molar-refractivity contribution in [3.8, 4) is 11.1 Å². The van der Waals surface area contributed by atoms with Crippen LogP contribution >= 0.6 is 0 Å². The smallest absolute Gasteiger partial charge is 0.123 e. The van der Waals surface area contributed by atoms with E-state index in [-0.39, 0.29) is 5.82 Å². The van der Waals surface area contributed by atoms with Crippen molar-refractivity contribution < 1.29 is 4.39 Å². The Bertz CT molecular complexity index is 778. The van der Waals surface area contributed by atoms with Gasteiger partial charge in [-0.25, -0.2) is 9.37 Å². The number of piperidine rings is 1. The van der Waals surface area contributed by atoms with Gasteiger partial charge in [-0.3, -0.25) is 10.00 Å². The number of nitrogens with zero attached hydrogens (tertiary/aromatic N) is 3. The maximum absolute atomic E-state index is 13.2. The molecule has 0 bridgehead atoms. The molecule has 0 aliphatic carbocycles. The highest BCUT2D eigenvalue weighted by molar-refractivity contribution is 5.65. The van der Waals surface area contributed by atoms with Crippen molar-refractivity contribution in [1.82, 2.24) is 25.1 Å². The lowest BCUT2D eigenvalue weighted by Gasteiger charge is -2.32. The molecule has 24 heavy (non-hydrogen) atoms. The van der Waals surface area contributed by atoms with Crippen LogP contribution in [-0.2, 0) is 6.54 Å². The zero-order valence-corrected chi connectivity index (χ0v) is 13.4. The lowest BCUT2D eigenvalue weighted by Crippen LogP contribution is -2.34.